The van der Waals surface area contributed by atoms with Crippen molar-refractivity contribution in [1.82, 2.24) is 4.57 Å². The van der Waals surface area contributed by atoms with Crippen molar-refractivity contribution >= 4 is 17.1 Å². The van der Waals surface area contributed by atoms with E-state index >= 15 is 0 Å². The normalized spacial score (nSPS) is 14.9. The van der Waals surface area contributed by atoms with Crippen molar-refractivity contribution in [2.75, 3.05) is 0 Å². The predicted molar refractivity (Wildman–Crippen MR) is 74.6 cm³/mol. The van der Waals surface area contributed by atoms with E-state index in [1.165, 1.54) is 21.8 Å². The van der Waals surface area contributed by atoms with Crippen LogP contribution in [0.2, 0.25) is 0 Å². The fraction of sp³-hybridized carbons (Fsp3) is 0.400. The molecule has 0 N–H and O–H groups in total. The van der Waals surface area contributed by atoms with Gasteiger partial charge in [0, 0.05) is 28.2 Å². The van der Waals surface area contributed by atoms with E-state index in [4.69, 9.17) is 0 Å². The van der Waals surface area contributed by atoms with E-state index in [1.54, 1.807) is 11.3 Å². The molecule has 0 saturated carbocycles. The zero-order valence-corrected chi connectivity index (χ0v) is 11.6. The van der Waals surface area contributed by atoms with E-state index in [2.05, 4.69) is 35.9 Å². The van der Waals surface area contributed by atoms with E-state index in [9.17, 15) is 4.79 Å². The second-order valence-electron chi connectivity index (χ2n) is 5.04. The Morgan fingerprint density at radius 1 is 1.33 bits per heavy atom. The molecule has 3 rings (SSSR count). The van der Waals surface area contributed by atoms with Gasteiger partial charge in [-0.3, -0.25) is 4.79 Å². The average Bonchev–Trinajstić information content (AvgIpc) is 2.87. The number of carbonyl (C=O) groups excluding carboxylic acids is 1. The molecule has 2 nitrogen and oxygen atoms in total. The fourth-order valence-electron chi connectivity index (χ4n) is 2.72. The monoisotopic (exact) mass is 259 g/mol. The maximum absolute atomic E-state index is 11.9. The lowest BCUT2D eigenvalue weighted by atomic mass is 9.96. The maximum atomic E-state index is 11.9. The molecule has 0 unspecified atom stereocenters. The summed E-state index contributed by atoms with van der Waals surface area (Å²) in [6.07, 6.45) is 2.76. The summed E-state index contributed by atoms with van der Waals surface area (Å²) in [7, 11) is 0. The number of aromatic nitrogens is 1. The summed E-state index contributed by atoms with van der Waals surface area (Å²) in [6.45, 7) is 5.18. The van der Waals surface area contributed by atoms with Gasteiger partial charge in [0.1, 0.15) is 0 Å². The number of ketones is 1. The van der Waals surface area contributed by atoms with Gasteiger partial charge in [-0.05, 0) is 49.8 Å². The van der Waals surface area contributed by atoms with Gasteiger partial charge in [-0.1, -0.05) is 0 Å². The molecule has 1 aliphatic rings. The van der Waals surface area contributed by atoms with Crippen molar-refractivity contribution in [3.63, 3.8) is 0 Å². The van der Waals surface area contributed by atoms with Gasteiger partial charge in [0.25, 0.3) is 0 Å². The Hall–Kier alpha value is -1.35. The molecule has 0 bridgehead atoms. The largest absolute Gasteiger partial charge is 0.343 e. The van der Waals surface area contributed by atoms with Crippen molar-refractivity contribution in [1.29, 1.82) is 0 Å². The number of carbonyl (C=O) groups is 1. The highest BCUT2D eigenvalue weighted by molar-refractivity contribution is 7.10. The van der Waals surface area contributed by atoms with Crippen LogP contribution in [0.3, 0.4) is 0 Å². The second kappa shape index (κ2) is 4.39. The minimum Gasteiger partial charge on any atom is -0.343 e. The summed E-state index contributed by atoms with van der Waals surface area (Å²) in [5.41, 5.74) is 4.77. The van der Waals surface area contributed by atoms with E-state index in [-0.39, 0.29) is 0 Å². The molecule has 0 radical (unpaired) electrons. The predicted octanol–water partition coefficient (Wildman–Crippen LogP) is 3.73. The lowest BCUT2D eigenvalue weighted by molar-refractivity contribution is 0.0972. The number of nitrogens with zero attached hydrogens (tertiary/aromatic N) is 1. The van der Waals surface area contributed by atoms with E-state index < -0.39 is 0 Å². The van der Waals surface area contributed by atoms with Crippen LogP contribution >= 0.6 is 11.3 Å². The van der Waals surface area contributed by atoms with E-state index in [0.29, 0.717) is 12.2 Å². The number of hydrogen-bond donors (Lipinski definition) is 0. The van der Waals surface area contributed by atoms with Gasteiger partial charge in [0.2, 0.25) is 0 Å². The summed E-state index contributed by atoms with van der Waals surface area (Å²) in [5.74, 6) is 0.320. The number of Topliss-reactive ketones (excluding diaryl/α,β-unsaturated/α-hetero) is 1. The number of thiophene rings is 1. The summed E-state index contributed by atoms with van der Waals surface area (Å²) in [6, 6.07) is 4.23. The highest BCUT2D eigenvalue weighted by atomic mass is 32.1. The first kappa shape index (κ1) is 11.7. The average molecular weight is 259 g/mol. The van der Waals surface area contributed by atoms with E-state index in [1.807, 2.05) is 0 Å². The molecular formula is C15H17NOS. The molecular weight excluding hydrogens is 242 g/mol. The van der Waals surface area contributed by atoms with Gasteiger partial charge in [-0.15, -0.1) is 11.3 Å². The van der Waals surface area contributed by atoms with Crippen LogP contribution in [0.5, 0.6) is 0 Å². The van der Waals surface area contributed by atoms with Gasteiger partial charge in [-0.2, -0.15) is 0 Å². The van der Waals surface area contributed by atoms with Crippen LogP contribution in [0, 0.1) is 13.8 Å². The summed E-state index contributed by atoms with van der Waals surface area (Å²) in [5, 5.41) is 2.14. The minimum atomic E-state index is 0.320. The molecule has 2 aromatic rings. The first-order valence-corrected chi connectivity index (χ1v) is 7.30. The number of fused-ring (bicyclic) bond motifs is 1. The molecule has 1 aliphatic carbocycles. The summed E-state index contributed by atoms with van der Waals surface area (Å²) < 4.78 is 2.32. The molecule has 3 heteroatoms. The Morgan fingerprint density at radius 2 is 2.17 bits per heavy atom. The lowest BCUT2D eigenvalue weighted by Gasteiger charge is -2.15. The van der Waals surface area contributed by atoms with Crippen LogP contribution in [0.4, 0.5) is 0 Å². The van der Waals surface area contributed by atoms with Gasteiger partial charge in [0.15, 0.2) is 5.78 Å². The van der Waals surface area contributed by atoms with Crippen LogP contribution in [-0.4, -0.2) is 10.4 Å². The Kier molecular flexibility index (Phi) is 2.86. The Balaban J connectivity index is 2.02. The highest BCUT2D eigenvalue weighted by Crippen LogP contribution is 2.27. The first-order chi connectivity index (χ1) is 8.66. The molecule has 0 atom stereocenters. The van der Waals surface area contributed by atoms with Crippen LogP contribution in [0.1, 0.15) is 45.0 Å². The molecule has 0 saturated heterocycles. The topological polar surface area (TPSA) is 22.0 Å². The van der Waals surface area contributed by atoms with Crippen molar-refractivity contribution in [2.24, 2.45) is 0 Å². The van der Waals surface area contributed by atoms with Crippen molar-refractivity contribution in [3.8, 4) is 0 Å². The third-order valence-electron chi connectivity index (χ3n) is 3.80. The molecule has 2 aromatic heterocycles. The van der Waals surface area contributed by atoms with Gasteiger partial charge < -0.3 is 4.57 Å². The molecule has 2 heterocycles. The first-order valence-electron chi connectivity index (χ1n) is 6.42. The maximum Gasteiger partial charge on any atom is 0.164 e. The molecule has 0 fully saturated rings. The Labute approximate surface area is 111 Å². The third kappa shape index (κ3) is 1.83. The minimum absolute atomic E-state index is 0.320. The van der Waals surface area contributed by atoms with Crippen LogP contribution < -0.4 is 0 Å². The smallest absolute Gasteiger partial charge is 0.164 e. The molecule has 0 aliphatic heterocycles. The van der Waals surface area contributed by atoms with Crippen molar-refractivity contribution in [2.45, 2.75) is 39.7 Å². The van der Waals surface area contributed by atoms with Crippen molar-refractivity contribution in [3.05, 3.63) is 44.9 Å². The molecule has 0 spiro atoms. The van der Waals surface area contributed by atoms with Crippen LogP contribution in [0.25, 0.3) is 0 Å². The molecule has 0 amide bonds. The molecule has 94 valence electrons. The van der Waals surface area contributed by atoms with Crippen LogP contribution in [-0.2, 0) is 13.0 Å². The Bertz CT molecular complexity index is 606. The zero-order valence-electron chi connectivity index (χ0n) is 10.8. The number of aryl methyl sites for hydroxylation is 2. The van der Waals surface area contributed by atoms with Crippen LogP contribution in [0.15, 0.2) is 17.5 Å². The van der Waals surface area contributed by atoms with E-state index in [0.717, 1.165) is 24.9 Å². The van der Waals surface area contributed by atoms with Gasteiger partial charge >= 0.3 is 0 Å². The SMILES string of the molecule is Cc1ccsc1Cn1c(C)cc2c1CCCC2=O. The highest BCUT2D eigenvalue weighted by Gasteiger charge is 2.22. The zero-order chi connectivity index (χ0) is 12.7. The van der Waals surface area contributed by atoms with Gasteiger partial charge in [-0.25, -0.2) is 0 Å². The second-order valence-corrected chi connectivity index (χ2v) is 6.04. The number of hydrogen-bond acceptors (Lipinski definition) is 2. The van der Waals surface area contributed by atoms with Gasteiger partial charge in [0.05, 0.1) is 6.54 Å². The molecule has 0 aromatic carbocycles. The Morgan fingerprint density at radius 3 is 2.89 bits per heavy atom. The summed E-state index contributed by atoms with van der Waals surface area (Å²) >= 11 is 1.80. The quantitative estimate of drug-likeness (QED) is 0.805. The fourth-order valence-corrected chi connectivity index (χ4v) is 3.61. The van der Waals surface area contributed by atoms with Crippen molar-refractivity contribution < 1.29 is 4.79 Å². The molecule has 18 heavy (non-hydrogen) atoms. The summed E-state index contributed by atoms with van der Waals surface area (Å²) in [4.78, 5) is 13.3. The lowest BCUT2D eigenvalue weighted by Crippen LogP contribution is -2.14. The standard InChI is InChI=1S/C15H17NOS/c1-10-6-7-18-15(10)9-16-11(2)8-12-13(16)4-3-5-14(12)17/h6-8H,3-5,9H2,1-2H3. The third-order valence-corrected chi connectivity index (χ3v) is 4.81. The number of rotatable bonds is 2.